The van der Waals surface area contributed by atoms with Crippen molar-refractivity contribution in [1.29, 1.82) is 0 Å². The average molecular weight is 327 g/mol. The van der Waals surface area contributed by atoms with Crippen LogP contribution in [0.3, 0.4) is 0 Å². The molecule has 0 N–H and O–H groups in total. The number of carbonyl (C=O) groups is 2. The van der Waals surface area contributed by atoms with Crippen molar-refractivity contribution in [3.8, 4) is 0 Å². The fourth-order valence-electron chi connectivity index (χ4n) is 2.35. The molecule has 23 heavy (non-hydrogen) atoms. The summed E-state index contributed by atoms with van der Waals surface area (Å²) in [4.78, 5) is 30.3. The number of anilines is 1. The van der Waals surface area contributed by atoms with Gasteiger partial charge >= 0.3 is 0 Å². The van der Waals surface area contributed by atoms with Gasteiger partial charge in [0.25, 0.3) is 11.8 Å². The molecule has 1 saturated heterocycles. The smallest absolute Gasteiger partial charge is 0.272 e. The summed E-state index contributed by atoms with van der Waals surface area (Å²) in [5, 5.41) is -1.06. The molecular weight excluding hydrogens is 312 g/mol. The van der Waals surface area contributed by atoms with Crippen LogP contribution >= 0.6 is 11.6 Å². The number of alkyl halides is 1. The molecule has 4 nitrogen and oxygen atoms in total. The first kappa shape index (κ1) is 15.4. The van der Waals surface area contributed by atoms with Gasteiger partial charge in [0.05, 0.1) is 11.4 Å². The number of halogens is 1. The molecule has 5 heteroatoms. The van der Waals surface area contributed by atoms with Crippen LogP contribution in [-0.4, -0.2) is 22.9 Å². The maximum Gasteiger partial charge on any atom is 0.281 e. The van der Waals surface area contributed by atoms with Gasteiger partial charge in [0.15, 0.2) is 5.38 Å². The van der Waals surface area contributed by atoms with Crippen LogP contribution in [0.15, 0.2) is 53.5 Å². The Bertz CT molecular complexity index is 795. The molecule has 116 valence electrons. The fourth-order valence-corrected chi connectivity index (χ4v) is 2.59. The molecule has 1 fully saturated rings. The third-order valence-corrected chi connectivity index (χ3v) is 4.07. The maximum absolute atomic E-state index is 12.6. The number of imide groups is 1. The molecule has 0 radical (unpaired) electrons. The minimum Gasteiger partial charge on any atom is -0.272 e. The Morgan fingerprint density at radius 1 is 0.913 bits per heavy atom. The summed E-state index contributed by atoms with van der Waals surface area (Å²) in [5.41, 5.74) is 3.30. The van der Waals surface area contributed by atoms with Crippen molar-refractivity contribution in [2.45, 2.75) is 19.2 Å². The zero-order valence-corrected chi connectivity index (χ0v) is 13.5. The third kappa shape index (κ3) is 2.90. The lowest BCUT2D eigenvalue weighted by atomic mass is 10.2. The molecule has 3 rings (SSSR count). The Balaban J connectivity index is 1.97. The van der Waals surface area contributed by atoms with E-state index >= 15 is 0 Å². The van der Waals surface area contributed by atoms with Gasteiger partial charge in [-0.05, 0) is 38.1 Å². The maximum atomic E-state index is 12.6. The topological polar surface area (TPSA) is 49.7 Å². The lowest BCUT2D eigenvalue weighted by Gasteiger charge is -2.13. The van der Waals surface area contributed by atoms with Crippen molar-refractivity contribution in [1.82, 2.24) is 0 Å². The molecule has 0 saturated carbocycles. The van der Waals surface area contributed by atoms with Gasteiger partial charge in [0.2, 0.25) is 0 Å². The first-order valence-electron chi connectivity index (χ1n) is 7.21. The molecular formula is C18H15ClN2O2. The standard InChI is InChI=1S/C18H15ClN2O2/c1-11-3-7-13(8-4-11)20-16-15(19)17(22)21(18(16)23)14-9-5-12(2)6-10-14/h3-10,15H,1-2H3. The number of amides is 2. The molecule has 0 bridgehead atoms. The molecule has 2 amide bonds. The minimum atomic E-state index is -1.06. The van der Waals surface area contributed by atoms with Crippen molar-refractivity contribution >= 4 is 40.5 Å². The number of benzene rings is 2. The molecule has 1 aliphatic rings. The summed E-state index contributed by atoms with van der Waals surface area (Å²) in [6.45, 7) is 3.90. The summed E-state index contributed by atoms with van der Waals surface area (Å²) >= 11 is 6.14. The first-order valence-corrected chi connectivity index (χ1v) is 7.65. The summed E-state index contributed by atoms with van der Waals surface area (Å²) in [5.74, 6) is -0.939. The Kier molecular flexibility index (Phi) is 4.01. The van der Waals surface area contributed by atoms with E-state index < -0.39 is 17.2 Å². The number of aryl methyl sites for hydroxylation is 2. The van der Waals surface area contributed by atoms with Crippen molar-refractivity contribution in [3.63, 3.8) is 0 Å². The van der Waals surface area contributed by atoms with Crippen molar-refractivity contribution in [3.05, 3.63) is 59.7 Å². The summed E-state index contributed by atoms with van der Waals surface area (Å²) in [6.07, 6.45) is 0. The minimum absolute atomic E-state index is 0.0566. The molecule has 2 aromatic carbocycles. The number of hydrogen-bond acceptors (Lipinski definition) is 3. The zero-order chi connectivity index (χ0) is 16.6. The van der Waals surface area contributed by atoms with Gasteiger partial charge < -0.3 is 0 Å². The van der Waals surface area contributed by atoms with Gasteiger partial charge in [0, 0.05) is 0 Å². The molecule has 2 aromatic rings. The molecule has 0 aromatic heterocycles. The highest BCUT2D eigenvalue weighted by atomic mass is 35.5. The Labute approximate surface area is 139 Å². The van der Waals surface area contributed by atoms with Gasteiger partial charge in [-0.25, -0.2) is 9.89 Å². The van der Waals surface area contributed by atoms with E-state index in [2.05, 4.69) is 4.99 Å². The molecule has 1 aliphatic heterocycles. The van der Waals surface area contributed by atoms with Gasteiger partial charge in [-0.2, -0.15) is 0 Å². The van der Waals surface area contributed by atoms with Crippen LogP contribution < -0.4 is 4.90 Å². The van der Waals surface area contributed by atoms with Crippen molar-refractivity contribution < 1.29 is 9.59 Å². The van der Waals surface area contributed by atoms with E-state index in [1.807, 2.05) is 38.1 Å². The highest BCUT2D eigenvalue weighted by molar-refractivity contribution is 6.68. The zero-order valence-electron chi connectivity index (χ0n) is 12.8. The monoisotopic (exact) mass is 326 g/mol. The van der Waals surface area contributed by atoms with Gasteiger partial charge in [-0.1, -0.05) is 35.4 Å². The van der Waals surface area contributed by atoms with Crippen LogP contribution in [-0.2, 0) is 9.59 Å². The second kappa shape index (κ2) is 5.97. The number of hydrogen-bond donors (Lipinski definition) is 0. The predicted molar refractivity (Wildman–Crippen MR) is 91.6 cm³/mol. The van der Waals surface area contributed by atoms with Gasteiger partial charge in [0.1, 0.15) is 5.71 Å². The van der Waals surface area contributed by atoms with Crippen LogP contribution in [0.1, 0.15) is 11.1 Å². The van der Waals surface area contributed by atoms with Crippen LogP contribution in [0, 0.1) is 13.8 Å². The van der Waals surface area contributed by atoms with Crippen molar-refractivity contribution in [2.75, 3.05) is 4.90 Å². The quantitative estimate of drug-likeness (QED) is 0.626. The molecule has 1 heterocycles. The van der Waals surface area contributed by atoms with E-state index in [1.54, 1.807) is 24.3 Å². The van der Waals surface area contributed by atoms with Crippen LogP contribution in [0.5, 0.6) is 0 Å². The molecule has 0 aliphatic carbocycles. The lowest BCUT2D eigenvalue weighted by molar-refractivity contribution is -0.120. The van der Waals surface area contributed by atoms with E-state index in [-0.39, 0.29) is 5.71 Å². The van der Waals surface area contributed by atoms with Crippen LogP contribution in [0.25, 0.3) is 0 Å². The molecule has 0 spiro atoms. The Morgan fingerprint density at radius 2 is 1.43 bits per heavy atom. The fraction of sp³-hybridized carbons (Fsp3) is 0.167. The van der Waals surface area contributed by atoms with E-state index in [4.69, 9.17) is 11.6 Å². The Hall–Kier alpha value is -2.46. The van der Waals surface area contributed by atoms with Gasteiger partial charge in [-0.15, -0.1) is 11.6 Å². The number of aliphatic imine (C=N–C) groups is 1. The number of carbonyl (C=O) groups excluding carboxylic acids is 2. The molecule has 1 atom stereocenters. The second-order valence-electron chi connectivity index (χ2n) is 5.51. The highest BCUT2D eigenvalue weighted by Gasteiger charge is 2.44. The average Bonchev–Trinajstić information content (AvgIpc) is 2.74. The highest BCUT2D eigenvalue weighted by Crippen LogP contribution is 2.26. The van der Waals surface area contributed by atoms with Crippen molar-refractivity contribution in [2.24, 2.45) is 4.99 Å². The van der Waals surface area contributed by atoms with Crippen LogP contribution in [0.2, 0.25) is 0 Å². The normalized spacial score (nSPS) is 19.7. The second-order valence-corrected chi connectivity index (χ2v) is 5.95. The number of nitrogens with zero attached hydrogens (tertiary/aromatic N) is 2. The number of rotatable bonds is 2. The van der Waals surface area contributed by atoms with E-state index in [1.165, 1.54) is 0 Å². The third-order valence-electron chi connectivity index (χ3n) is 3.68. The SMILES string of the molecule is Cc1ccc(N=C2C(=O)N(c3ccc(C)cc3)C(=O)C2Cl)cc1. The Morgan fingerprint density at radius 3 is 2.00 bits per heavy atom. The molecule has 1 unspecified atom stereocenters. The summed E-state index contributed by atoms with van der Waals surface area (Å²) in [6, 6.07) is 14.5. The van der Waals surface area contributed by atoms with Crippen LogP contribution in [0.4, 0.5) is 11.4 Å². The predicted octanol–water partition coefficient (Wildman–Crippen LogP) is 3.56. The largest absolute Gasteiger partial charge is 0.281 e. The van der Waals surface area contributed by atoms with Gasteiger partial charge in [-0.3, -0.25) is 9.59 Å². The summed E-state index contributed by atoms with van der Waals surface area (Å²) < 4.78 is 0. The van der Waals surface area contributed by atoms with E-state index in [0.717, 1.165) is 16.0 Å². The van der Waals surface area contributed by atoms with E-state index in [9.17, 15) is 9.59 Å². The summed E-state index contributed by atoms with van der Waals surface area (Å²) in [7, 11) is 0. The lowest BCUT2D eigenvalue weighted by Crippen LogP contribution is -2.31. The van der Waals surface area contributed by atoms with E-state index in [0.29, 0.717) is 11.4 Å². The first-order chi connectivity index (χ1) is 11.0.